The van der Waals surface area contributed by atoms with Gasteiger partial charge in [0.1, 0.15) is 0 Å². The van der Waals surface area contributed by atoms with E-state index in [0.29, 0.717) is 5.92 Å². The third-order valence-electron chi connectivity index (χ3n) is 2.71. The van der Waals surface area contributed by atoms with Crippen LogP contribution in [-0.2, 0) is 6.42 Å². The van der Waals surface area contributed by atoms with Crippen molar-refractivity contribution in [2.75, 3.05) is 0 Å². The Kier molecular flexibility index (Phi) is 3.92. The van der Waals surface area contributed by atoms with Crippen molar-refractivity contribution in [1.29, 1.82) is 0 Å². The molecule has 90 valence electrons. The van der Waals surface area contributed by atoms with E-state index < -0.39 is 0 Å². The topological polar surface area (TPSA) is 38.9 Å². The van der Waals surface area contributed by atoms with Gasteiger partial charge in [0.05, 0.1) is 11.6 Å². The molecule has 0 amide bonds. The van der Waals surface area contributed by atoms with Crippen LogP contribution in [-0.4, -0.2) is 4.98 Å². The SMILES string of the molecule is CC(C)Cc1cccc(C(N)c2cncs2)c1. The van der Waals surface area contributed by atoms with Gasteiger partial charge in [-0.3, -0.25) is 4.98 Å². The summed E-state index contributed by atoms with van der Waals surface area (Å²) in [6.07, 6.45) is 2.95. The van der Waals surface area contributed by atoms with E-state index in [1.807, 2.05) is 11.7 Å². The monoisotopic (exact) mass is 246 g/mol. The first-order valence-electron chi connectivity index (χ1n) is 5.89. The van der Waals surface area contributed by atoms with Gasteiger partial charge in [0.25, 0.3) is 0 Å². The summed E-state index contributed by atoms with van der Waals surface area (Å²) in [5, 5.41) is 0. The van der Waals surface area contributed by atoms with Gasteiger partial charge >= 0.3 is 0 Å². The Balaban J connectivity index is 2.21. The van der Waals surface area contributed by atoms with Crippen LogP contribution in [0.2, 0.25) is 0 Å². The van der Waals surface area contributed by atoms with Crippen molar-refractivity contribution >= 4 is 11.3 Å². The van der Waals surface area contributed by atoms with Crippen LogP contribution in [0.25, 0.3) is 0 Å². The molecule has 1 atom stereocenters. The quantitative estimate of drug-likeness (QED) is 0.898. The highest BCUT2D eigenvalue weighted by atomic mass is 32.1. The zero-order chi connectivity index (χ0) is 12.3. The predicted molar refractivity (Wildman–Crippen MR) is 73.1 cm³/mol. The van der Waals surface area contributed by atoms with Crippen molar-refractivity contribution in [1.82, 2.24) is 4.98 Å². The molecule has 0 aliphatic heterocycles. The Morgan fingerprint density at radius 1 is 1.35 bits per heavy atom. The van der Waals surface area contributed by atoms with E-state index in [1.165, 1.54) is 11.1 Å². The van der Waals surface area contributed by atoms with Crippen LogP contribution in [0.3, 0.4) is 0 Å². The van der Waals surface area contributed by atoms with E-state index in [-0.39, 0.29) is 6.04 Å². The van der Waals surface area contributed by atoms with Crippen LogP contribution in [0.4, 0.5) is 0 Å². The molecule has 2 rings (SSSR count). The van der Waals surface area contributed by atoms with Gasteiger partial charge in [-0.1, -0.05) is 38.1 Å². The second kappa shape index (κ2) is 5.43. The molecule has 2 N–H and O–H groups in total. The lowest BCUT2D eigenvalue weighted by Gasteiger charge is -2.12. The molecule has 1 unspecified atom stereocenters. The van der Waals surface area contributed by atoms with Crippen molar-refractivity contribution in [2.45, 2.75) is 26.3 Å². The number of nitrogens with zero attached hydrogens (tertiary/aromatic N) is 1. The minimum atomic E-state index is -0.0467. The number of hydrogen-bond acceptors (Lipinski definition) is 3. The number of rotatable bonds is 4. The summed E-state index contributed by atoms with van der Waals surface area (Å²) in [4.78, 5) is 5.20. The molecule has 0 aliphatic carbocycles. The Labute approximate surface area is 107 Å². The first-order valence-corrected chi connectivity index (χ1v) is 6.77. The molecule has 1 aromatic heterocycles. The second-order valence-corrected chi connectivity index (χ2v) is 5.64. The fourth-order valence-corrected chi connectivity index (χ4v) is 2.58. The van der Waals surface area contributed by atoms with Gasteiger partial charge in [-0.2, -0.15) is 0 Å². The molecule has 17 heavy (non-hydrogen) atoms. The van der Waals surface area contributed by atoms with Gasteiger partial charge in [0.15, 0.2) is 0 Å². The molecule has 0 bridgehead atoms. The highest BCUT2D eigenvalue weighted by Gasteiger charge is 2.11. The number of thiazole rings is 1. The van der Waals surface area contributed by atoms with Crippen LogP contribution in [0.1, 0.15) is 35.9 Å². The lowest BCUT2D eigenvalue weighted by Crippen LogP contribution is -2.10. The highest BCUT2D eigenvalue weighted by molar-refractivity contribution is 7.09. The highest BCUT2D eigenvalue weighted by Crippen LogP contribution is 2.23. The molecule has 0 spiro atoms. The number of hydrogen-bond donors (Lipinski definition) is 1. The first kappa shape index (κ1) is 12.3. The molecular formula is C14H18N2S. The maximum Gasteiger partial charge on any atom is 0.0794 e. The molecule has 0 radical (unpaired) electrons. The molecule has 1 aromatic carbocycles. The largest absolute Gasteiger partial charge is 0.320 e. The molecule has 1 heterocycles. The summed E-state index contributed by atoms with van der Waals surface area (Å²) < 4.78 is 0. The average Bonchev–Trinajstić information content (AvgIpc) is 2.81. The molecule has 2 nitrogen and oxygen atoms in total. The smallest absolute Gasteiger partial charge is 0.0794 e. The normalized spacial score (nSPS) is 12.9. The van der Waals surface area contributed by atoms with Gasteiger partial charge in [0.2, 0.25) is 0 Å². The fraction of sp³-hybridized carbons (Fsp3) is 0.357. The summed E-state index contributed by atoms with van der Waals surface area (Å²) in [5.74, 6) is 0.671. The van der Waals surface area contributed by atoms with Crippen LogP contribution in [0.15, 0.2) is 36.0 Å². The summed E-state index contributed by atoms with van der Waals surface area (Å²) in [6, 6.07) is 8.52. The summed E-state index contributed by atoms with van der Waals surface area (Å²) in [5.41, 5.74) is 10.6. The van der Waals surface area contributed by atoms with E-state index in [2.05, 4.69) is 43.1 Å². The van der Waals surface area contributed by atoms with E-state index >= 15 is 0 Å². The number of nitrogens with two attached hydrogens (primary N) is 1. The lowest BCUT2D eigenvalue weighted by molar-refractivity contribution is 0.646. The van der Waals surface area contributed by atoms with Crippen molar-refractivity contribution in [3.63, 3.8) is 0 Å². The molecule has 0 saturated carbocycles. The number of benzene rings is 1. The Morgan fingerprint density at radius 3 is 2.82 bits per heavy atom. The zero-order valence-corrected chi connectivity index (χ0v) is 11.1. The van der Waals surface area contributed by atoms with E-state index in [0.717, 1.165) is 11.3 Å². The second-order valence-electron chi connectivity index (χ2n) is 4.72. The third-order valence-corrected chi connectivity index (χ3v) is 3.57. The zero-order valence-electron chi connectivity index (χ0n) is 10.3. The summed E-state index contributed by atoms with van der Waals surface area (Å²) >= 11 is 1.61. The Morgan fingerprint density at radius 2 is 2.18 bits per heavy atom. The molecule has 3 heteroatoms. The van der Waals surface area contributed by atoms with E-state index in [1.54, 1.807) is 11.3 Å². The van der Waals surface area contributed by atoms with Gasteiger partial charge in [-0.05, 0) is 23.5 Å². The van der Waals surface area contributed by atoms with Crippen LogP contribution >= 0.6 is 11.3 Å². The van der Waals surface area contributed by atoms with Crippen LogP contribution in [0.5, 0.6) is 0 Å². The molecule has 2 aromatic rings. The van der Waals surface area contributed by atoms with E-state index in [4.69, 9.17) is 5.73 Å². The minimum absolute atomic E-state index is 0.0467. The molecule has 0 aliphatic rings. The van der Waals surface area contributed by atoms with Gasteiger partial charge in [-0.25, -0.2) is 0 Å². The van der Waals surface area contributed by atoms with E-state index in [9.17, 15) is 0 Å². The lowest BCUT2D eigenvalue weighted by atomic mass is 9.98. The van der Waals surface area contributed by atoms with Crippen molar-refractivity contribution < 1.29 is 0 Å². The molecule has 0 saturated heterocycles. The maximum absolute atomic E-state index is 6.23. The third kappa shape index (κ3) is 3.14. The molecule has 0 fully saturated rings. The first-order chi connectivity index (χ1) is 8.16. The van der Waals surface area contributed by atoms with Gasteiger partial charge < -0.3 is 5.73 Å². The standard InChI is InChI=1S/C14H18N2S/c1-10(2)6-11-4-3-5-12(7-11)14(15)13-8-16-9-17-13/h3-5,7-10,14H,6,15H2,1-2H3. The summed E-state index contributed by atoms with van der Waals surface area (Å²) in [7, 11) is 0. The fourth-order valence-electron chi connectivity index (χ4n) is 1.93. The Bertz CT molecular complexity index is 463. The number of aromatic nitrogens is 1. The summed E-state index contributed by atoms with van der Waals surface area (Å²) in [6.45, 7) is 4.46. The minimum Gasteiger partial charge on any atom is -0.320 e. The van der Waals surface area contributed by atoms with Crippen molar-refractivity contribution in [3.05, 3.63) is 52.0 Å². The maximum atomic E-state index is 6.23. The van der Waals surface area contributed by atoms with Crippen molar-refractivity contribution in [3.8, 4) is 0 Å². The van der Waals surface area contributed by atoms with Gasteiger partial charge in [-0.15, -0.1) is 11.3 Å². The molecular weight excluding hydrogens is 228 g/mol. The van der Waals surface area contributed by atoms with Crippen molar-refractivity contribution in [2.24, 2.45) is 11.7 Å². The average molecular weight is 246 g/mol. The predicted octanol–water partition coefficient (Wildman–Crippen LogP) is 3.39. The van der Waals surface area contributed by atoms with Crippen LogP contribution in [0, 0.1) is 5.92 Å². The Hall–Kier alpha value is -1.19. The van der Waals surface area contributed by atoms with Crippen LogP contribution < -0.4 is 5.73 Å². The van der Waals surface area contributed by atoms with Gasteiger partial charge in [0, 0.05) is 11.1 Å².